The predicted molar refractivity (Wildman–Crippen MR) is 107 cm³/mol. The Labute approximate surface area is 160 Å². The predicted octanol–water partition coefficient (Wildman–Crippen LogP) is 4.41. The molecule has 138 valence electrons. The van der Waals surface area contributed by atoms with E-state index < -0.39 is 0 Å². The van der Waals surface area contributed by atoms with Crippen LogP contribution in [-0.4, -0.2) is 17.9 Å². The maximum absolute atomic E-state index is 11.7. The van der Waals surface area contributed by atoms with Crippen LogP contribution in [-0.2, 0) is 11.2 Å². The third-order valence-electron chi connectivity index (χ3n) is 5.30. The average Bonchev–Trinajstić information content (AvgIpc) is 3.08. The van der Waals surface area contributed by atoms with Gasteiger partial charge in [0.25, 0.3) is 0 Å². The van der Waals surface area contributed by atoms with Crippen LogP contribution in [0.1, 0.15) is 43.0 Å². The lowest BCUT2D eigenvalue weighted by Gasteiger charge is -2.29. The van der Waals surface area contributed by atoms with Gasteiger partial charge in [-0.25, -0.2) is 0 Å². The van der Waals surface area contributed by atoms with Gasteiger partial charge in [-0.2, -0.15) is 0 Å². The fourth-order valence-electron chi connectivity index (χ4n) is 4.09. The van der Waals surface area contributed by atoms with Gasteiger partial charge >= 0.3 is 0 Å². The molecule has 1 heterocycles. The Morgan fingerprint density at radius 2 is 1.93 bits per heavy atom. The van der Waals surface area contributed by atoms with Crippen molar-refractivity contribution in [1.29, 1.82) is 0 Å². The Kier molecular flexibility index (Phi) is 4.48. The molecule has 0 amide bonds. The molecule has 27 heavy (non-hydrogen) atoms. The number of ketones is 1. The summed E-state index contributed by atoms with van der Waals surface area (Å²) in [6.07, 6.45) is 3.69. The average molecular weight is 360 g/mol. The van der Waals surface area contributed by atoms with Crippen LogP contribution in [0.15, 0.2) is 65.9 Å². The van der Waals surface area contributed by atoms with Crippen molar-refractivity contribution in [2.45, 2.75) is 32.7 Å². The van der Waals surface area contributed by atoms with Crippen LogP contribution < -0.4 is 10.2 Å². The third-order valence-corrected chi connectivity index (χ3v) is 5.30. The smallest absolute Gasteiger partial charge is 0.154 e. The highest BCUT2D eigenvalue weighted by atomic mass is 16.5. The largest absolute Gasteiger partial charge is 0.497 e. The normalized spacial score (nSPS) is 18.7. The number of nitrogens with zero attached hydrogens (tertiary/aromatic N) is 1. The van der Waals surface area contributed by atoms with Crippen molar-refractivity contribution in [3.05, 3.63) is 82.6 Å². The standard InChI is InChI=1S/C23H24N2O2/c1-15(13-16(2)26)25-23(18-7-5-4-6-8-18)20-12-10-17-9-11-19(27-3)14-21(17)22(20)24-25/h4-9,11,13-14,23-24H,10,12H2,1-3H3. The van der Waals surface area contributed by atoms with E-state index >= 15 is 0 Å². The molecule has 2 aromatic rings. The summed E-state index contributed by atoms with van der Waals surface area (Å²) in [6.45, 7) is 3.57. The zero-order valence-electron chi connectivity index (χ0n) is 16.0. The first-order valence-corrected chi connectivity index (χ1v) is 9.28. The number of ether oxygens (including phenoxy) is 1. The summed E-state index contributed by atoms with van der Waals surface area (Å²) in [6, 6.07) is 16.8. The number of methoxy groups -OCH3 is 1. The van der Waals surface area contributed by atoms with Crippen molar-refractivity contribution in [2.24, 2.45) is 0 Å². The van der Waals surface area contributed by atoms with Crippen molar-refractivity contribution >= 4 is 11.5 Å². The maximum Gasteiger partial charge on any atom is 0.154 e. The molecule has 0 fully saturated rings. The molecule has 0 radical (unpaired) electrons. The lowest BCUT2D eigenvalue weighted by molar-refractivity contribution is -0.112. The van der Waals surface area contributed by atoms with Crippen molar-refractivity contribution in [2.75, 3.05) is 7.11 Å². The van der Waals surface area contributed by atoms with Crippen LogP contribution >= 0.6 is 0 Å². The molecular weight excluding hydrogens is 336 g/mol. The molecule has 0 saturated heterocycles. The number of hydrogen-bond donors (Lipinski definition) is 1. The summed E-state index contributed by atoms with van der Waals surface area (Å²) in [5.74, 6) is 0.906. The van der Waals surface area contributed by atoms with Gasteiger partial charge in [-0.1, -0.05) is 36.4 Å². The Hall–Kier alpha value is -3.01. The topological polar surface area (TPSA) is 41.6 Å². The van der Waals surface area contributed by atoms with Crippen LogP contribution in [0.3, 0.4) is 0 Å². The maximum atomic E-state index is 11.7. The van der Waals surface area contributed by atoms with E-state index in [-0.39, 0.29) is 11.8 Å². The first-order valence-electron chi connectivity index (χ1n) is 9.28. The number of rotatable bonds is 4. The molecule has 2 aliphatic rings. The summed E-state index contributed by atoms with van der Waals surface area (Å²) < 4.78 is 5.45. The summed E-state index contributed by atoms with van der Waals surface area (Å²) in [5, 5.41) is 2.12. The Balaban J connectivity index is 1.84. The van der Waals surface area contributed by atoms with E-state index in [9.17, 15) is 4.79 Å². The van der Waals surface area contributed by atoms with Crippen LogP contribution in [0.25, 0.3) is 5.70 Å². The Morgan fingerprint density at radius 3 is 2.63 bits per heavy atom. The highest BCUT2D eigenvalue weighted by Gasteiger charge is 2.37. The summed E-state index contributed by atoms with van der Waals surface area (Å²) in [4.78, 5) is 11.7. The quantitative estimate of drug-likeness (QED) is 0.820. The third kappa shape index (κ3) is 3.12. The van der Waals surface area contributed by atoms with E-state index in [4.69, 9.17) is 4.74 Å². The van der Waals surface area contributed by atoms with E-state index in [1.165, 1.54) is 22.3 Å². The fraction of sp³-hybridized carbons (Fsp3) is 0.261. The van der Waals surface area contributed by atoms with E-state index in [0.717, 1.165) is 30.0 Å². The number of fused-ring (bicyclic) bond motifs is 2. The molecule has 0 bridgehead atoms. The molecule has 1 aliphatic heterocycles. The number of nitrogens with one attached hydrogen (secondary N) is 1. The van der Waals surface area contributed by atoms with Crippen molar-refractivity contribution in [3.8, 4) is 5.75 Å². The minimum Gasteiger partial charge on any atom is -0.497 e. The molecule has 0 aromatic heterocycles. The zero-order valence-corrected chi connectivity index (χ0v) is 16.0. The summed E-state index contributed by atoms with van der Waals surface area (Å²) in [7, 11) is 1.70. The first kappa shape index (κ1) is 17.4. The van der Waals surface area contributed by atoms with Gasteiger partial charge in [-0.15, -0.1) is 0 Å². The number of carbonyl (C=O) groups is 1. The number of hydrazine groups is 1. The lowest BCUT2D eigenvalue weighted by atomic mass is 9.85. The van der Waals surface area contributed by atoms with Crippen LogP contribution in [0.5, 0.6) is 5.75 Å². The van der Waals surface area contributed by atoms with Gasteiger partial charge in [0.2, 0.25) is 0 Å². The van der Waals surface area contributed by atoms with Gasteiger partial charge in [0.1, 0.15) is 5.75 Å². The second kappa shape index (κ2) is 6.95. The molecular formula is C23H24N2O2. The van der Waals surface area contributed by atoms with Gasteiger partial charge < -0.3 is 4.74 Å². The number of hydrogen-bond acceptors (Lipinski definition) is 4. The monoisotopic (exact) mass is 360 g/mol. The first-order chi connectivity index (χ1) is 13.1. The van der Waals surface area contributed by atoms with E-state index in [2.05, 4.69) is 46.8 Å². The van der Waals surface area contributed by atoms with Gasteiger partial charge in [-0.05, 0) is 55.5 Å². The molecule has 4 heteroatoms. The van der Waals surface area contributed by atoms with E-state index in [1.54, 1.807) is 20.1 Å². The number of aryl methyl sites for hydroxylation is 1. The zero-order chi connectivity index (χ0) is 19.0. The Bertz CT molecular complexity index is 944. The number of benzene rings is 2. The van der Waals surface area contributed by atoms with Crippen LogP contribution in [0, 0.1) is 0 Å². The number of allylic oxidation sites excluding steroid dienone is 2. The van der Waals surface area contributed by atoms with Crippen molar-refractivity contribution < 1.29 is 9.53 Å². The van der Waals surface area contributed by atoms with Crippen molar-refractivity contribution in [3.63, 3.8) is 0 Å². The molecule has 1 aliphatic carbocycles. The molecule has 2 aromatic carbocycles. The minimum absolute atomic E-state index is 0.0491. The molecule has 4 nitrogen and oxygen atoms in total. The van der Waals surface area contributed by atoms with Crippen LogP contribution in [0.4, 0.5) is 0 Å². The summed E-state index contributed by atoms with van der Waals surface area (Å²) >= 11 is 0. The van der Waals surface area contributed by atoms with Crippen LogP contribution in [0.2, 0.25) is 0 Å². The minimum atomic E-state index is 0.0491. The van der Waals surface area contributed by atoms with Crippen molar-refractivity contribution in [1.82, 2.24) is 10.4 Å². The molecule has 1 atom stereocenters. The van der Waals surface area contributed by atoms with Gasteiger partial charge in [0.15, 0.2) is 5.78 Å². The second-order valence-electron chi connectivity index (χ2n) is 7.11. The number of carbonyl (C=O) groups excluding carboxylic acids is 1. The lowest BCUT2D eigenvalue weighted by Crippen LogP contribution is -2.33. The highest BCUT2D eigenvalue weighted by Crippen LogP contribution is 2.45. The van der Waals surface area contributed by atoms with Gasteiger partial charge in [0, 0.05) is 17.3 Å². The molecule has 1 N–H and O–H groups in total. The van der Waals surface area contributed by atoms with E-state index in [1.807, 2.05) is 19.1 Å². The Morgan fingerprint density at radius 1 is 1.15 bits per heavy atom. The molecule has 4 rings (SSSR count). The second-order valence-corrected chi connectivity index (χ2v) is 7.11. The fourth-order valence-corrected chi connectivity index (χ4v) is 4.09. The molecule has 1 unspecified atom stereocenters. The molecule has 0 saturated carbocycles. The SMILES string of the molecule is COc1ccc2c(c1)C1=C(CC2)C(c2ccccc2)N(C(C)=CC(C)=O)N1. The highest BCUT2D eigenvalue weighted by molar-refractivity contribution is 5.88. The summed E-state index contributed by atoms with van der Waals surface area (Å²) in [5.41, 5.74) is 10.7. The van der Waals surface area contributed by atoms with Gasteiger partial charge in [0.05, 0.1) is 18.8 Å². The van der Waals surface area contributed by atoms with Gasteiger partial charge in [-0.3, -0.25) is 15.2 Å². The molecule has 0 spiro atoms. The van der Waals surface area contributed by atoms with E-state index in [0.29, 0.717) is 0 Å².